The molecule has 0 unspecified atom stereocenters. The number of aliphatic hydroxyl groups excluding tert-OH is 1. The smallest absolute Gasteiger partial charge is 0.145 e. The second-order valence-corrected chi connectivity index (χ2v) is 9.20. The maximum atomic E-state index is 10.7. The standard InChI is InChI=1S/C27H28Cl2N2O3/c28-25-12-6-4-10-21(25)15-31(16-22(32)19-33-18-20-8-2-1-3-9-20)17-23-14-27(30-34-23)24-11-5-7-13-26(24)29/h1-13,22-23,32H,14-19H2/t22-,23-/m0/s1. The van der Waals surface area contributed by atoms with Gasteiger partial charge in [0.15, 0.2) is 0 Å². The van der Waals surface area contributed by atoms with E-state index in [0.29, 0.717) is 42.7 Å². The molecule has 0 bridgehead atoms. The number of nitrogens with zero attached hydrogens (tertiary/aromatic N) is 2. The van der Waals surface area contributed by atoms with Crippen molar-refractivity contribution in [2.75, 3.05) is 19.7 Å². The van der Waals surface area contributed by atoms with Crippen molar-refractivity contribution < 1.29 is 14.7 Å². The number of hydrogen-bond donors (Lipinski definition) is 1. The van der Waals surface area contributed by atoms with Crippen LogP contribution in [0.25, 0.3) is 0 Å². The van der Waals surface area contributed by atoms with Crippen LogP contribution in [-0.2, 0) is 22.7 Å². The summed E-state index contributed by atoms with van der Waals surface area (Å²) < 4.78 is 5.74. The van der Waals surface area contributed by atoms with Gasteiger partial charge < -0.3 is 14.7 Å². The van der Waals surface area contributed by atoms with Crippen LogP contribution >= 0.6 is 23.2 Å². The van der Waals surface area contributed by atoms with E-state index in [2.05, 4.69) is 10.1 Å². The minimum absolute atomic E-state index is 0.147. The Hall–Kier alpha value is -2.41. The SMILES string of the molecule is O[C@H](COCc1ccccc1)CN(Cc1ccccc1Cl)C[C@@H]1CC(c2ccccc2Cl)=NO1. The van der Waals surface area contributed by atoms with Crippen LogP contribution in [0.1, 0.15) is 23.1 Å². The molecule has 5 nitrogen and oxygen atoms in total. The predicted molar refractivity (Wildman–Crippen MR) is 136 cm³/mol. The third-order valence-corrected chi connectivity index (χ3v) is 6.32. The van der Waals surface area contributed by atoms with Crippen LogP contribution in [0, 0.1) is 0 Å². The molecular formula is C27H28Cl2N2O3. The van der Waals surface area contributed by atoms with Gasteiger partial charge in [-0.05, 0) is 23.3 Å². The zero-order valence-electron chi connectivity index (χ0n) is 18.8. The summed E-state index contributed by atoms with van der Waals surface area (Å²) in [5.74, 6) is 0. The van der Waals surface area contributed by atoms with Crippen molar-refractivity contribution in [3.8, 4) is 0 Å². The van der Waals surface area contributed by atoms with Crippen molar-refractivity contribution in [1.29, 1.82) is 0 Å². The molecule has 34 heavy (non-hydrogen) atoms. The van der Waals surface area contributed by atoms with Gasteiger partial charge in [-0.15, -0.1) is 0 Å². The molecule has 0 radical (unpaired) electrons. The highest BCUT2D eigenvalue weighted by molar-refractivity contribution is 6.34. The predicted octanol–water partition coefficient (Wildman–Crippen LogP) is 5.57. The van der Waals surface area contributed by atoms with Crippen LogP contribution in [-0.4, -0.2) is 47.6 Å². The highest BCUT2D eigenvalue weighted by Gasteiger charge is 2.27. The van der Waals surface area contributed by atoms with E-state index in [0.717, 1.165) is 22.4 Å². The molecule has 1 aliphatic heterocycles. The maximum absolute atomic E-state index is 10.7. The number of oxime groups is 1. The van der Waals surface area contributed by atoms with Gasteiger partial charge in [-0.2, -0.15) is 0 Å². The summed E-state index contributed by atoms with van der Waals surface area (Å²) in [4.78, 5) is 7.87. The summed E-state index contributed by atoms with van der Waals surface area (Å²) in [6.07, 6.45) is -0.161. The fourth-order valence-corrected chi connectivity index (χ4v) is 4.42. The Morgan fingerprint density at radius 1 is 0.971 bits per heavy atom. The molecule has 1 aliphatic rings. The highest BCUT2D eigenvalue weighted by atomic mass is 35.5. The molecule has 1 N–H and O–H groups in total. The van der Waals surface area contributed by atoms with E-state index in [9.17, 15) is 5.11 Å². The van der Waals surface area contributed by atoms with Crippen LogP contribution in [0.15, 0.2) is 84.0 Å². The summed E-state index contributed by atoms with van der Waals surface area (Å²) in [5, 5.41) is 16.3. The Labute approximate surface area is 210 Å². The van der Waals surface area contributed by atoms with Gasteiger partial charge in [0.2, 0.25) is 0 Å². The molecule has 0 spiro atoms. The van der Waals surface area contributed by atoms with Crippen LogP contribution in [0.5, 0.6) is 0 Å². The van der Waals surface area contributed by atoms with Gasteiger partial charge in [0.1, 0.15) is 6.10 Å². The van der Waals surface area contributed by atoms with Crippen molar-refractivity contribution in [2.24, 2.45) is 5.16 Å². The molecule has 0 aliphatic carbocycles. The molecule has 0 fully saturated rings. The van der Waals surface area contributed by atoms with Gasteiger partial charge in [0, 0.05) is 41.7 Å². The third-order valence-electron chi connectivity index (χ3n) is 5.62. The number of benzene rings is 3. The molecule has 4 rings (SSSR count). The molecule has 0 amide bonds. The zero-order valence-corrected chi connectivity index (χ0v) is 20.3. The molecule has 2 atom stereocenters. The fourth-order valence-electron chi connectivity index (χ4n) is 3.98. The van der Waals surface area contributed by atoms with Gasteiger partial charge in [0.05, 0.1) is 25.0 Å². The van der Waals surface area contributed by atoms with Crippen molar-refractivity contribution in [2.45, 2.75) is 31.8 Å². The zero-order chi connectivity index (χ0) is 23.8. The molecule has 3 aromatic carbocycles. The minimum Gasteiger partial charge on any atom is -0.390 e. The number of rotatable bonds is 11. The first-order valence-electron chi connectivity index (χ1n) is 11.3. The maximum Gasteiger partial charge on any atom is 0.145 e. The van der Waals surface area contributed by atoms with Crippen LogP contribution in [0.4, 0.5) is 0 Å². The molecule has 0 saturated carbocycles. The number of ether oxygens (including phenoxy) is 1. The van der Waals surface area contributed by atoms with Crippen molar-refractivity contribution in [3.63, 3.8) is 0 Å². The first-order chi connectivity index (χ1) is 16.6. The van der Waals surface area contributed by atoms with Crippen molar-refractivity contribution >= 4 is 28.9 Å². The lowest BCUT2D eigenvalue weighted by molar-refractivity contribution is -0.00648. The quantitative estimate of drug-likeness (QED) is 0.375. The Morgan fingerprint density at radius 2 is 1.68 bits per heavy atom. The third kappa shape index (κ3) is 7.05. The summed E-state index contributed by atoms with van der Waals surface area (Å²) in [7, 11) is 0. The van der Waals surface area contributed by atoms with Crippen LogP contribution < -0.4 is 0 Å². The van der Waals surface area contributed by atoms with Gasteiger partial charge in [-0.25, -0.2) is 0 Å². The lowest BCUT2D eigenvalue weighted by atomic mass is 10.0. The summed E-state index contributed by atoms with van der Waals surface area (Å²) in [5.41, 5.74) is 3.79. The van der Waals surface area contributed by atoms with E-state index in [1.807, 2.05) is 78.9 Å². The molecular weight excluding hydrogens is 471 g/mol. The van der Waals surface area contributed by atoms with Gasteiger partial charge in [-0.1, -0.05) is 95.1 Å². The number of halogens is 2. The Balaban J connectivity index is 1.36. The lowest BCUT2D eigenvalue weighted by Crippen LogP contribution is -2.39. The van der Waals surface area contributed by atoms with E-state index < -0.39 is 6.10 Å². The molecule has 3 aromatic rings. The first-order valence-corrected chi connectivity index (χ1v) is 12.1. The molecule has 0 saturated heterocycles. The van der Waals surface area contributed by atoms with E-state index in [1.165, 1.54) is 0 Å². The minimum atomic E-state index is -0.656. The Morgan fingerprint density at radius 3 is 2.44 bits per heavy atom. The summed E-state index contributed by atoms with van der Waals surface area (Å²) >= 11 is 12.7. The van der Waals surface area contributed by atoms with Crippen molar-refractivity contribution in [3.05, 3.63) is 106 Å². The lowest BCUT2D eigenvalue weighted by Gasteiger charge is -2.27. The van der Waals surface area contributed by atoms with Gasteiger partial charge in [0.25, 0.3) is 0 Å². The summed E-state index contributed by atoms with van der Waals surface area (Å²) in [6.45, 7) is 2.28. The van der Waals surface area contributed by atoms with E-state index >= 15 is 0 Å². The van der Waals surface area contributed by atoms with Crippen LogP contribution in [0.2, 0.25) is 10.0 Å². The largest absolute Gasteiger partial charge is 0.390 e. The number of hydrogen-bond acceptors (Lipinski definition) is 5. The van der Waals surface area contributed by atoms with Gasteiger partial charge in [-0.3, -0.25) is 4.90 Å². The Bertz CT molecular complexity index is 1090. The van der Waals surface area contributed by atoms with E-state index in [-0.39, 0.29) is 12.7 Å². The topological polar surface area (TPSA) is 54.3 Å². The van der Waals surface area contributed by atoms with Gasteiger partial charge >= 0.3 is 0 Å². The molecule has 7 heteroatoms. The fraction of sp³-hybridized carbons (Fsp3) is 0.296. The normalized spacial score (nSPS) is 16.4. The second kappa shape index (κ2) is 12.3. The number of aliphatic hydroxyl groups is 1. The first kappa shape index (κ1) is 24.7. The van der Waals surface area contributed by atoms with E-state index in [4.69, 9.17) is 32.8 Å². The molecule has 0 aromatic heterocycles. The summed E-state index contributed by atoms with van der Waals surface area (Å²) in [6, 6.07) is 25.3. The Kier molecular flexibility index (Phi) is 8.97. The monoisotopic (exact) mass is 498 g/mol. The van der Waals surface area contributed by atoms with Crippen molar-refractivity contribution in [1.82, 2.24) is 4.90 Å². The highest BCUT2D eigenvalue weighted by Crippen LogP contribution is 2.24. The molecule has 1 heterocycles. The molecule has 178 valence electrons. The average molecular weight is 499 g/mol. The average Bonchev–Trinajstić information content (AvgIpc) is 3.29. The second-order valence-electron chi connectivity index (χ2n) is 8.39. The van der Waals surface area contributed by atoms with Crippen LogP contribution in [0.3, 0.4) is 0 Å². The van der Waals surface area contributed by atoms with E-state index in [1.54, 1.807) is 0 Å².